The zero-order valence-corrected chi connectivity index (χ0v) is 14.3. The van der Waals surface area contributed by atoms with Gasteiger partial charge in [-0.2, -0.15) is 0 Å². The van der Waals surface area contributed by atoms with Crippen molar-refractivity contribution in [1.82, 2.24) is 4.98 Å². The maximum atomic E-state index is 13.9. The van der Waals surface area contributed by atoms with Crippen LogP contribution in [-0.2, 0) is 4.57 Å². The zero-order valence-electron chi connectivity index (χ0n) is 11.2. The van der Waals surface area contributed by atoms with Crippen LogP contribution in [0.1, 0.15) is 6.92 Å². The molecule has 0 spiro atoms. The van der Waals surface area contributed by atoms with Gasteiger partial charge in [0.25, 0.3) is 0 Å². The molecule has 1 N–H and O–H groups in total. The molecule has 1 heterocycles. The normalized spacial score (nSPS) is 13.8. The van der Waals surface area contributed by atoms with Crippen molar-refractivity contribution in [2.24, 2.45) is 0 Å². The van der Waals surface area contributed by atoms with Gasteiger partial charge >= 0.3 is 0 Å². The molecule has 1 aromatic heterocycles. The summed E-state index contributed by atoms with van der Waals surface area (Å²) in [7, 11) is -2.45. The standard InChI is InChI=1S/C14H15FIN2OP/c1-3-20(2,19)14-6-7-17-9-13(14)18-12-5-4-10(16)8-11(12)15/h4-9,18H,3H2,1-2H3. The fourth-order valence-electron chi connectivity index (χ4n) is 1.80. The molecule has 0 amide bonds. The van der Waals surface area contributed by atoms with Gasteiger partial charge in [-0.1, -0.05) is 6.92 Å². The maximum Gasteiger partial charge on any atom is 0.147 e. The van der Waals surface area contributed by atoms with E-state index < -0.39 is 7.14 Å². The third-order valence-electron chi connectivity index (χ3n) is 3.11. The van der Waals surface area contributed by atoms with E-state index in [2.05, 4.69) is 32.9 Å². The van der Waals surface area contributed by atoms with Crippen LogP contribution in [0.2, 0.25) is 0 Å². The molecule has 3 nitrogen and oxygen atoms in total. The van der Waals surface area contributed by atoms with Gasteiger partial charge in [0.1, 0.15) is 13.0 Å². The number of pyridine rings is 1. The molecule has 20 heavy (non-hydrogen) atoms. The van der Waals surface area contributed by atoms with Gasteiger partial charge in [0.15, 0.2) is 0 Å². The lowest BCUT2D eigenvalue weighted by Crippen LogP contribution is -2.12. The van der Waals surface area contributed by atoms with Crippen LogP contribution in [-0.4, -0.2) is 17.8 Å². The summed E-state index contributed by atoms with van der Waals surface area (Å²) in [5.41, 5.74) is 0.955. The predicted octanol–water partition coefficient (Wildman–Crippen LogP) is 4.21. The Morgan fingerprint density at radius 3 is 2.75 bits per heavy atom. The van der Waals surface area contributed by atoms with Gasteiger partial charge in [0.2, 0.25) is 0 Å². The first-order valence-corrected chi connectivity index (χ1v) is 9.59. The second-order valence-corrected chi connectivity index (χ2v) is 9.12. The quantitative estimate of drug-likeness (QED) is 0.614. The van der Waals surface area contributed by atoms with Crippen molar-refractivity contribution < 1.29 is 8.96 Å². The Bertz CT molecular complexity index is 678. The van der Waals surface area contributed by atoms with E-state index in [4.69, 9.17) is 0 Å². The van der Waals surface area contributed by atoms with E-state index in [-0.39, 0.29) is 5.82 Å². The Hall–Kier alpha value is -0.940. The fourth-order valence-corrected chi connectivity index (χ4v) is 3.60. The Morgan fingerprint density at radius 1 is 1.35 bits per heavy atom. The van der Waals surface area contributed by atoms with E-state index in [0.717, 1.165) is 3.57 Å². The van der Waals surface area contributed by atoms with Crippen molar-refractivity contribution in [3.8, 4) is 0 Å². The first-order chi connectivity index (χ1) is 9.44. The number of aromatic nitrogens is 1. The summed E-state index contributed by atoms with van der Waals surface area (Å²) in [5, 5.41) is 3.70. The van der Waals surface area contributed by atoms with Crippen LogP contribution in [0.5, 0.6) is 0 Å². The SMILES string of the molecule is CCP(C)(=O)c1ccncc1Nc1ccc(I)cc1F. The van der Waals surface area contributed by atoms with Gasteiger partial charge in [-0.05, 0) is 53.5 Å². The zero-order chi connectivity index (χ0) is 14.8. The van der Waals surface area contributed by atoms with Crippen molar-refractivity contribution in [3.05, 3.63) is 46.0 Å². The number of nitrogens with one attached hydrogen (secondary N) is 1. The fraction of sp³-hybridized carbons (Fsp3) is 0.214. The molecule has 2 aromatic rings. The van der Waals surface area contributed by atoms with Crippen molar-refractivity contribution in [2.75, 3.05) is 18.1 Å². The summed E-state index contributed by atoms with van der Waals surface area (Å²) in [6.07, 6.45) is 3.75. The summed E-state index contributed by atoms with van der Waals surface area (Å²) in [5.74, 6) is -0.339. The molecule has 0 fully saturated rings. The highest BCUT2D eigenvalue weighted by Crippen LogP contribution is 2.41. The van der Waals surface area contributed by atoms with Gasteiger partial charge in [-0.15, -0.1) is 0 Å². The Kier molecular flexibility index (Phi) is 4.81. The molecule has 0 bridgehead atoms. The van der Waals surface area contributed by atoms with E-state index in [1.807, 2.05) is 13.0 Å². The van der Waals surface area contributed by atoms with Crippen molar-refractivity contribution >= 4 is 46.4 Å². The number of anilines is 2. The second-order valence-electron chi connectivity index (χ2n) is 4.56. The van der Waals surface area contributed by atoms with Gasteiger partial charge in [0, 0.05) is 21.2 Å². The van der Waals surface area contributed by atoms with Gasteiger partial charge in [-0.25, -0.2) is 4.39 Å². The Labute approximate surface area is 131 Å². The molecule has 1 unspecified atom stereocenters. The van der Waals surface area contributed by atoms with Gasteiger partial charge in [-0.3, -0.25) is 4.98 Å². The Morgan fingerprint density at radius 2 is 2.10 bits per heavy atom. The first-order valence-electron chi connectivity index (χ1n) is 6.17. The second kappa shape index (κ2) is 6.22. The summed E-state index contributed by atoms with van der Waals surface area (Å²) >= 11 is 2.05. The van der Waals surface area contributed by atoms with E-state index in [1.54, 1.807) is 31.2 Å². The highest BCUT2D eigenvalue weighted by atomic mass is 127. The van der Waals surface area contributed by atoms with Gasteiger partial charge < -0.3 is 9.88 Å². The molecular formula is C14H15FIN2OP. The van der Waals surface area contributed by atoms with Crippen LogP contribution in [0.25, 0.3) is 0 Å². The summed E-state index contributed by atoms with van der Waals surface area (Å²) < 4.78 is 27.3. The summed E-state index contributed by atoms with van der Waals surface area (Å²) in [6, 6.07) is 6.66. The lowest BCUT2D eigenvalue weighted by Gasteiger charge is -2.17. The molecule has 1 aromatic carbocycles. The largest absolute Gasteiger partial charge is 0.351 e. The van der Waals surface area contributed by atoms with Crippen LogP contribution in [0.4, 0.5) is 15.8 Å². The Balaban J connectivity index is 2.42. The lowest BCUT2D eigenvalue weighted by atomic mass is 10.3. The highest BCUT2D eigenvalue weighted by Gasteiger charge is 2.20. The highest BCUT2D eigenvalue weighted by molar-refractivity contribution is 14.1. The molecule has 6 heteroatoms. The topological polar surface area (TPSA) is 42.0 Å². The predicted molar refractivity (Wildman–Crippen MR) is 90.3 cm³/mol. The molecule has 2 rings (SSSR count). The monoisotopic (exact) mass is 404 g/mol. The van der Waals surface area contributed by atoms with E-state index in [9.17, 15) is 8.96 Å². The minimum absolute atomic E-state index is 0.339. The minimum Gasteiger partial charge on any atom is -0.351 e. The molecular weight excluding hydrogens is 389 g/mol. The molecule has 0 radical (unpaired) electrons. The van der Waals surface area contributed by atoms with Crippen molar-refractivity contribution in [3.63, 3.8) is 0 Å². The smallest absolute Gasteiger partial charge is 0.147 e. The number of rotatable bonds is 4. The number of hydrogen-bond acceptors (Lipinski definition) is 3. The van der Waals surface area contributed by atoms with E-state index >= 15 is 0 Å². The number of benzene rings is 1. The third-order valence-corrected chi connectivity index (χ3v) is 6.40. The van der Waals surface area contributed by atoms with Crippen LogP contribution in [0.15, 0.2) is 36.7 Å². The van der Waals surface area contributed by atoms with Crippen LogP contribution in [0.3, 0.4) is 0 Å². The van der Waals surface area contributed by atoms with Crippen molar-refractivity contribution in [1.29, 1.82) is 0 Å². The molecule has 1 atom stereocenters. The molecule has 0 saturated carbocycles. The number of nitrogens with zero attached hydrogens (tertiary/aromatic N) is 1. The van der Waals surface area contributed by atoms with E-state index in [1.165, 1.54) is 6.07 Å². The van der Waals surface area contributed by atoms with Crippen LogP contribution >= 0.6 is 29.7 Å². The maximum absolute atomic E-state index is 13.9. The van der Waals surface area contributed by atoms with Crippen molar-refractivity contribution in [2.45, 2.75) is 6.92 Å². The molecule has 0 aliphatic heterocycles. The average molecular weight is 404 g/mol. The third kappa shape index (κ3) is 3.38. The van der Waals surface area contributed by atoms with E-state index in [0.29, 0.717) is 22.8 Å². The van der Waals surface area contributed by atoms with Crippen LogP contribution in [0, 0.1) is 9.39 Å². The first kappa shape index (κ1) is 15.4. The lowest BCUT2D eigenvalue weighted by molar-refractivity contribution is 0.585. The average Bonchev–Trinajstić information content (AvgIpc) is 2.42. The van der Waals surface area contributed by atoms with Gasteiger partial charge in [0.05, 0.1) is 17.6 Å². The minimum atomic E-state index is -2.45. The number of hydrogen-bond donors (Lipinski definition) is 1. The summed E-state index contributed by atoms with van der Waals surface area (Å²) in [4.78, 5) is 4.03. The molecule has 0 aliphatic carbocycles. The summed E-state index contributed by atoms with van der Waals surface area (Å²) in [6.45, 7) is 3.62. The molecule has 106 valence electrons. The number of halogens is 2. The van der Waals surface area contributed by atoms with Crippen LogP contribution < -0.4 is 10.6 Å². The molecule has 0 aliphatic rings. The molecule has 0 saturated heterocycles.